The molecule has 2 atom stereocenters. The third kappa shape index (κ3) is 5.53. The van der Waals surface area contributed by atoms with Crippen molar-refractivity contribution in [3.8, 4) is 0 Å². The van der Waals surface area contributed by atoms with E-state index >= 15 is 0 Å². The summed E-state index contributed by atoms with van der Waals surface area (Å²) >= 11 is 0. The summed E-state index contributed by atoms with van der Waals surface area (Å²) in [5, 5.41) is 12.8. The van der Waals surface area contributed by atoms with Crippen LogP contribution in [0.25, 0.3) is 0 Å². The van der Waals surface area contributed by atoms with Crippen molar-refractivity contribution in [1.82, 2.24) is 5.32 Å². The second-order valence-corrected chi connectivity index (χ2v) is 5.51. The van der Waals surface area contributed by atoms with Crippen molar-refractivity contribution >= 4 is 5.91 Å². The van der Waals surface area contributed by atoms with Gasteiger partial charge in [0.15, 0.2) is 0 Å². The topological polar surface area (TPSA) is 49.3 Å². The molecule has 1 rings (SSSR count). The van der Waals surface area contributed by atoms with E-state index in [1.807, 2.05) is 0 Å². The van der Waals surface area contributed by atoms with Crippen LogP contribution < -0.4 is 5.32 Å². The van der Waals surface area contributed by atoms with Gasteiger partial charge in [-0.15, -0.1) is 0 Å². The van der Waals surface area contributed by atoms with Crippen molar-refractivity contribution in [2.75, 3.05) is 6.54 Å². The highest BCUT2D eigenvalue weighted by atomic mass is 16.3. The van der Waals surface area contributed by atoms with Crippen LogP contribution in [0.3, 0.4) is 0 Å². The minimum Gasteiger partial charge on any atom is -0.391 e. The monoisotopic (exact) mass is 241 g/mol. The number of hydrogen-bond donors (Lipinski definition) is 2. The normalized spacial score (nSPS) is 20.2. The SMILES string of the molecule is CCCC(C)CC(=O)NCC(O)C1CCCC1. The molecule has 3 nitrogen and oxygen atoms in total. The van der Waals surface area contributed by atoms with Gasteiger partial charge >= 0.3 is 0 Å². The third-order valence-corrected chi connectivity index (χ3v) is 3.77. The van der Waals surface area contributed by atoms with E-state index in [4.69, 9.17) is 0 Å². The first kappa shape index (κ1) is 14.5. The summed E-state index contributed by atoms with van der Waals surface area (Å²) in [7, 11) is 0. The Kier molecular flexibility index (Phi) is 6.56. The highest BCUT2D eigenvalue weighted by Crippen LogP contribution is 2.27. The summed E-state index contributed by atoms with van der Waals surface area (Å²) in [4.78, 5) is 11.6. The lowest BCUT2D eigenvalue weighted by Crippen LogP contribution is -2.36. The van der Waals surface area contributed by atoms with Crippen LogP contribution in [0.15, 0.2) is 0 Å². The van der Waals surface area contributed by atoms with Crippen molar-refractivity contribution in [3.63, 3.8) is 0 Å². The Balaban J connectivity index is 2.14. The van der Waals surface area contributed by atoms with Crippen LogP contribution >= 0.6 is 0 Å². The summed E-state index contributed by atoms with van der Waals surface area (Å²) in [6, 6.07) is 0. The zero-order valence-electron chi connectivity index (χ0n) is 11.2. The van der Waals surface area contributed by atoms with Crippen LogP contribution in [0.2, 0.25) is 0 Å². The Labute approximate surface area is 105 Å². The molecular weight excluding hydrogens is 214 g/mol. The summed E-state index contributed by atoms with van der Waals surface area (Å²) in [6.07, 6.45) is 7.14. The summed E-state index contributed by atoms with van der Waals surface area (Å²) in [5.41, 5.74) is 0. The zero-order valence-corrected chi connectivity index (χ0v) is 11.2. The van der Waals surface area contributed by atoms with Gasteiger partial charge in [-0.3, -0.25) is 4.79 Å². The van der Waals surface area contributed by atoms with Gasteiger partial charge in [-0.1, -0.05) is 39.5 Å². The molecule has 17 heavy (non-hydrogen) atoms. The van der Waals surface area contributed by atoms with Gasteiger partial charge in [0.2, 0.25) is 5.91 Å². The molecule has 0 aliphatic heterocycles. The van der Waals surface area contributed by atoms with Crippen LogP contribution in [0.5, 0.6) is 0 Å². The largest absolute Gasteiger partial charge is 0.391 e. The quantitative estimate of drug-likeness (QED) is 0.719. The second kappa shape index (κ2) is 7.70. The highest BCUT2D eigenvalue weighted by Gasteiger charge is 2.23. The number of hydrogen-bond acceptors (Lipinski definition) is 2. The van der Waals surface area contributed by atoms with Crippen LogP contribution in [0, 0.1) is 11.8 Å². The van der Waals surface area contributed by atoms with Crippen LogP contribution in [-0.4, -0.2) is 23.7 Å². The van der Waals surface area contributed by atoms with E-state index in [9.17, 15) is 9.90 Å². The van der Waals surface area contributed by atoms with Gasteiger partial charge in [0, 0.05) is 13.0 Å². The third-order valence-electron chi connectivity index (χ3n) is 3.77. The number of nitrogens with one attached hydrogen (secondary N) is 1. The summed E-state index contributed by atoms with van der Waals surface area (Å²) in [6.45, 7) is 4.68. The minimum atomic E-state index is -0.345. The van der Waals surface area contributed by atoms with E-state index in [0.29, 0.717) is 24.8 Å². The van der Waals surface area contributed by atoms with Crippen molar-refractivity contribution in [2.24, 2.45) is 11.8 Å². The second-order valence-electron chi connectivity index (χ2n) is 5.51. The van der Waals surface area contributed by atoms with Crippen molar-refractivity contribution in [2.45, 2.75) is 64.9 Å². The van der Waals surface area contributed by atoms with Crippen molar-refractivity contribution in [1.29, 1.82) is 0 Å². The maximum absolute atomic E-state index is 11.6. The lowest BCUT2D eigenvalue weighted by molar-refractivity contribution is -0.122. The molecule has 0 heterocycles. The van der Waals surface area contributed by atoms with Crippen LogP contribution in [0.1, 0.15) is 58.8 Å². The average molecular weight is 241 g/mol. The minimum absolute atomic E-state index is 0.0861. The molecule has 3 heteroatoms. The Hall–Kier alpha value is -0.570. The number of aliphatic hydroxyl groups excluding tert-OH is 1. The molecular formula is C14H27NO2. The Morgan fingerprint density at radius 2 is 2.06 bits per heavy atom. The molecule has 0 aromatic heterocycles. The van der Waals surface area contributed by atoms with E-state index in [1.54, 1.807) is 0 Å². The van der Waals surface area contributed by atoms with Gasteiger partial charge in [-0.2, -0.15) is 0 Å². The maximum atomic E-state index is 11.6. The number of aliphatic hydroxyl groups is 1. The maximum Gasteiger partial charge on any atom is 0.220 e. The first-order chi connectivity index (χ1) is 8.13. The number of carbonyl (C=O) groups is 1. The molecule has 2 N–H and O–H groups in total. The fourth-order valence-corrected chi connectivity index (χ4v) is 2.71. The predicted molar refractivity (Wildman–Crippen MR) is 69.7 cm³/mol. The Morgan fingerprint density at radius 3 is 2.65 bits per heavy atom. The zero-order chi connectivity index (χ0) is 12.7. The van der Waals surface area contributed by atoms with Crippen LogP contribution in [-0.2, 0) is 4.79 Å². The molecule has 1 saturated carbocycles. The van der Waals surface area contributed by atoms with E-state index < -0.39 is 0 Å². The first-order valence-corrected chi connectivity index (χ1v) is 7.08. The van der Waals surface area contributed by atoms with Gasteiger partial charge in [0.25, 0.3) is 0 Å². The van der Waals surface area contributed by atoms with Gasteiger partial charge in [-0.05, 0) is 24.7 Å². The fraction of sp³-hybridized carbons (Fsp3) is 0.929. The molecule has 1 amide bonds. The number of rotatable bonds is 7. The predicted octanol–water partition coefficient (Wildman–Crippen LogP) is 2.48. The lowest BCUT2D eigenvalue weighted by Gasteiger charge is -2.18. The molecule has 0 bridgehead atoms. The molecule has 0 spiro atoms. The smallest absolute Gasteiger partial charge is 0.220 e. The van der Waals surface area contributed by atoms with Crippen LogP contribution in [0.4, 0.5) is 0 Å². The average Bonchev–Trinajstić information content (AvgIpc) is 2.79. The Morgan fingerprint density at radius 1 is 1.41 bits per heavy atom. The molecule has 1 aliphatic rings. The standard InChI is InChI=1S/C14H27NO2/c1-3-6-11(2)9-14(17)15-10-13(16)12-7-4-5-8-12/h11-13,16H,3-10H2,1-2H3,(H,15,17). The van der Waals surface area contributed by atoms with Gasteiger partial charge in [0.1, 0.15) is 0 Å². The van der Waals surface area contributed by atoms with Gasteiger partial charge < -0.3 is 10.4 Å². The van der Waals surface area contributed by atoms with E-state index in [0.717, 1.165) is 25.7 Å². The van der Waals surface area contributed by atoms with Crippen molar-refractivity contribution < 1.29 is 9.90 Å². The Bertz CT molecular complexity index is 224. The molecule has 0 saturated heterocycles. The lowest BCUT2D eigenvalue weighted by atomic mass is 10.00. The number of carbonyl (C=O) groups excluding carboxylic acids is 1. The molecule has 1 aliphatic carbocycles. The molecule has 1 fully saturated rings. The summed E-state index contributed by atoms with van der Waals surface area (Å²) < 4.78 is 0. The number of amides is 1. The molecule has 100 valence electrons. The fourth-order valence-electron chi connectivity index (χ4n) is 2.71. The van der Waals surface area contributed by atoms with Crippen molar-refractivity contribution in [3.05, 3.63) is 0 Å². The van der Waals surface area contributed by atoms with E-state index in [2.05, 4.69) is 19.2 Å². The molecule has 2 unspecified atom stereocenters. The van der Waals surface area contributed by atoms with E-state index in [1.165, 1.54) is 12.8 Å². The molecule has 0 aromatic carbocycles. The first-order valence-electron chi connectivity index (χ1n) is 7.08. The summed E-state index contributed by atoms with van der Waals surface area (Å²) in [5.74, 6) is 0.940. The molecule has 0 aromatic rings. The van der Waals surface area contributed by atoms with Gasteiger partial charge in [0.05, 0.1) is 6.10 Å². The van der Waals surface area contributed by atoms with E-state index in [-0.39, 0.29) is 12.0 Å². The molecule has 0 radical (unpaired) electrons. The highest BCUT2D eigenvalue weighted by molar-refractivity contribution is 5.76. The van der Waals surface area contributed by atoms with Gasteiger partial charge in [-0.25, -0.2) is 0 Å².